The zero-order valence-electron chi connectivity index (χ0n) is 15.1. The Hall–Kier alpha value is -3.95. The maximum Gasteiger partial charge on any atom is 0.150 e. The molecule has 2 aromatic carbocycles. The number of nitrogens with one attached hydrogen (secondary N) is 2. The van der Waals surface area contributed by atoms with Gasteiger partial charge in [-0.25, -0.2) is 4.98 Å². The number of hydrogen-bond acceptors (Lipinski definition) is 5. The minimum Gasteiger partial charge on any atom is -0.361 e. The van der Waals surface area contributed by atoms with Gasteiger partial charge >= 0.3 is 0 Å². The molecule has 0 bridgehead atoms. The van der Waals surface area contributed by atoms with E-state index < -0.39 is 0 Å². The Kier molecular flexibility index (Phi) is 4.08. The van der Waals surface area contributed by atoms with Gasteiger partial charge in [-0.05, 0) is 35.9 Å². The van der Waals surface area contributed by atoms with Crippen molar-refractivity contribution in [2.45, 2.75) is 0 Å². The van der Waals surface area contributed by atoms with Crippen LogP contribution in [0, 0.1) is 11.3 Å². The SMILES string of the molecule is N#Cc1cnc2sc(-c3ccc(C=O)cc3)cc2c1Nc1ccc2[nH]ccc2c1. The number of benzene rings is 2. The van der Waals surface area contributed by atoms with Gasteiger partial charge in [0.1, 0.15) is 17.2 Å². The third-order valence-corrected chi connectivity index (χ3v) is 5.93. The molecular weight excluding hydrogens is 380 g/mol. The van der Waals surface area contributed by atoms with Crippen molar-refractivity contribution in [2.75, 3.05) is 5.32 Å². The van der Waals surface area contributed by atoms with Gasteiger partial charge in [0.05, 0.1) is 11.3 Å². The summed E-state index contributed by atoms with van der Waals surface area (Å²) in [5, 5.41) is 15.0. The number of H-pyrrole nitrogens is 1. The fraction of sp³-hybridized carbons (Fsp3) is 0. The predicted molar refractivity (Wildman–Crippen MR) is 117 cm³/mol. The molecular formula is C23H14N4OS. The fourth-order valence-electron chi connectivity index (χ4n) is 3.35. The molecule has 5 aromatic rings. The summed E-state index contributed by atoms with van der Waals surface area (Å²) in [6, 6.07) is 19.8. The number of thiophene rings is 1. The van der Waals surface area contributed by atoms with Crippen LogP contribution >= 0.6 is 11.3 Å². The van der Waals surface area contributed by atoms with Crippen LogP contribution < -0.4 is 5.32 Å². The number of aromatic amines is 1. The van der Waals surface area contributed by atoms with E-state index in [9.17, 15) is 10.1 Å². The molecule has 6 heteroatoms. The highest BCUT2D eigenvalue weighted by Crippen LogP contribution is 2.38. The lowest BCUT2D eigenvalue weighted by atomic mass is 10.1. The Labute approximate surface area is 170 Å². The quantitative estimate of drug-likeness (QED) is 0.373. The number of hydrogen-bond donors (Lipinski definition) is 2. The minimum absolute atomic E-state index is 0.493. The van der Waals surface area contributed by atoms with E-state index in [1.54, 1.807) is 29.7 Å². The molecule has 0 saturated carbocycles. The molecule has 5 rings (SSSR count). The van der Waals surface area contributed by atoms with Crippen LogP contribution in [-0.2, 0) is 0 Å². The van der Waals surface area contributed by atoms with E-state index in [-0.39, 0.29) is 0 Å². The molecule has 0 saturated heterocycles. The van der Waals surface area contributed by atoms with Crippen LogP contribution in [0.4, 0.5) is 11.4 Å². The molecule has 0 unspecified atom stereocenters. The Bertz CT molecular complexity index is 1410. The van der Waals surface area contributed by atoms with Crippen molar-refractivity contribution in [2.24, 2.45) is 0 Å². The van der Waals surface area contributed by atoms with E-state index in [1.165, 1.54) is 0 Å². The molecule has 0 fully saturated rings. The van der Waals surface area contributed by atoms with Gasteiger partial charge in [0.2, 0.25) is 0 Å². The summed E-state index contributed by atoms with van der Waals surface area (Å²) in [6.07, 6.45) is 4.34. The molecule has 3 heterocycles. The Balaban J connectivity index is 1.61. The van der Waals surface area contributed by atoms with Gasteiger partial charge in [-0.2, -0.15) is 5.26 Å². The molecule has 0 amide bonds. The molecule has 5 nitrogen and oxygen atoms in total. The highest BCUT2D eigenvalue weighted by atomic mass is 32.1. The second-order valence-electron chi connectivity index (χ2n) is 6.63. The van der Waals surface area contributed by atoms with Gasteiger partial charge in [0, 0.05) is 44.8 Å². The number of aldehydes is 1. The number of carbonyl (C=O) groups is 1. The number of nitriles is 1. The van der Waals surface area contributed by atoms with Crippen LogP contribution in [0.5, 0.6) is 0 Å². The van der Waals surface area contributed by atoms with E-state index in [2.05, 4.69) is 21.4 Å². The summed E-state index contributed by atoms with van der Waals surface area (Å²) in [4.78, 5) is 20.4. The molecule has 0 aliphatic heterocycles. The second-order valence-corrected chi connectivity index (χ2v) is 7.66. The first-order valence-electron chi connectivity index (χ1n) is 8.97. The van der Waals surface area contributed by atoms with Crippen LogP contribution in [0.3, 0.4) is 0 Å². The Morgan fingerprint density at radius 2 is 1.97 bits per heavy atom. The second kappa shape index (κ2) is 6.89. The number of aromatic nitrogens is 2. The summed E-state index contributed by atoms with van der Waals surface area (Å²) in [5.41, 5.74) is 4.86. The largest absolute Gasteiger partial charge is 0.361 e. The third kappa shape index (κ3) is 3.04. The van der Waals surface area contributed by atoms with E-state index in [0.29, 0.717) is 11.1 Å². The molecule has 0 aliphatic rings. The standard InChI is InChI=1S/C23H14N4OS/c24-11-17-12-26-23-19(10-21(29-23)15-3-1-14(13-28)2-4-15)22(17)27-18-5-6-20-16(9-18)7-8-25-20/h1-10,12-13,25H,(H,26,27). The molecule has 0 spiro atoms. The van der Waals surface area contributed by atoms with E-state index in [1.807, 2.05) is 48.7 Å². The van der Waals surface area contributed by atoms with Crippen molar-refractivity contribution < 1.29 is 4.79 Å². The van der Waals surface area contributed by atoms with Crippen molar-refractivity contribution in [3.8, 4) is 16.5 Å². The number of pyridine rings is 1. The summed E-state index contributed by atoms with van der Waals surface area (Å²) < 4.78 is 0. The fourth-order valence-corrected chi connectivity index (χ4v) is 4.37. The van der Waals surface area contributed by atoms with Crippen LogP contribution in [0.25, 0.3) is 31.6 Å². The van der Waals surface area contributed by atoms with Crippen LogP contribution in [0.15, 0.2) is 67.0 Å². The number of nitrogens with zero attached hydrogens (tertiary/aromatic N) is 2. The van der Waals surface area contributed by atoms with Crippen LogP contribution in [0.1, 0.15) is 15.9 Å². The van der Waals surface area contributed by atoms with Gasteiger partial charge in [-0.15, -0.1) is 11.3 Å². The number of carbonyl (C=O) groups excluding carboxylic acids is 1. The first kappa shape index (κ1) is 17.2. The molecule has 138 valence electrons. The first-order valence-corrected chi connectivity index (χ1v) is 9.79. The third-order valence-electron chi connectivity index (χ3n) is 4.84. The van der Waals surface area contributed by atoms with Gasteiger partial charge in [0.15, 0.2) is 0 Å². The van der Waals surface area contributed by atoms with Crippen molar-refractivity contribution in [1.29, 1.82) is 5.26 Å². The topological polar surface area (TPSA) is 81.6 Å². The van der Waals surface area contributed by atoms with Crippen molar-refractivity contribution >= 4 is 50.1 Å². The Morgan fingerprint density at radius 3 is 2.76 bits per heavy atom. The van der Waals surface area contributed by atoms with Crippen LogP contribution in [0.2, 0.25) is 0 Å². The average molecular weight is 394 g/mol. The predicted octanol–water partition coefficient (Wildman–Crippen LogP) is 5.87. The minimum atomic E-state index is 0.493. The lowest BCUT2D eigenvalue weighted by Gasteiger charge is -2.09. The van der Waals surface area contributed by atoms with Gasteiger partial charge < -0.3 is 10.3 Å². The van der Waals surface area contributed by atoms with E-state index in [0.717, 1.165) is 49.2 Å². The smallest absolute Gasteiger partial charge is 0.150 e. The maximum atomic E-state index is 10.9. The average Bonchev–Trinajstić information content (AvgIpc) is 3.40. The van der Waals surface area contributed by atoms with Crippen molar-refractivity contribution in [3.63, 3.8) is 0 Å². The lowest BCUT2D eigenvalue weighted by molar-refractivity contribution is 0.112. The zero-order chi connectivity index (χ0) is 19.8. The van der Waals surface area contributed by atoms with Gasteiger partial charge in [0.25, 0.3) is 0 Å². The number of anilines is 2. The molecule has 29 heavy (non-hydrogen) atoms. The van der Waals surface area contributed by atoms with Crippen molar-refractivity contribution in [1.82, 2.24) is 9.97 Å². The summed E-state index contributed by atoms with van der Waals surface area (Å²) in [5.74, 6) is 0. The highest BCUT2D eigenvalue weighted by Gasteiger charge is 2.14. The molecule has 0 radical (unpaired) electrons. The van der Waals surface area contributed by atoms with Gasteiger partial charge in [-0.3, -0.25) is 4.79 Å². The highest BCUT2D eigenvalue weighted by molar-refractivity contribution is 7.21. The summed E-state index contributed by atoms with van der Waals surface area (Å²) in [7, 11) is 0. The maximum absolute atomic E-state index is 10.9. The van der Waals surface area contributed by atoms with E-state index >= 15 is 0 Å². The Morgan fingerprint density at radius 1 is 1.10 bits per heavy atom. The van der Waals surface area contributed by atoms with Crippen molar-refractivity contribution in [3.05, 3.63) is 78.1 Å². The normalized spacial score (nSPS) is 10.9. The molecule has 0 atom stereocenters. The van der Waals surface area contributed by atoms with E-state index in [4.69, 9.17) is 0 Å². The summed E-state index contributed by atoms with van der Waals surface area (Å²) in [6.45, 7) is 0. The molecule has 3 aromatic heterocycles. The monoisotopic (exact) mass is 394 g/mol. The first-order chi connectivity index (χ1) is 14.2. The zero-order valence-corrected chi connectivity index (χ0v) is 16.0. The van der Waals surface area contributed by atoms with Crippen LogP contribution in [-0.4, -0.2) is 16.3 Å². The molecule has 0 aliphatic carbocycles. The lowest BCUT2D eigenvalue weighted by Crippen LogP contribution is -1.95. The summed E-state index contributed by atoms with van der Waals surface area (Å²) >= 11 is 1.56. The number of rotatable bonds is 4. The molecule has 2 N–H and O–H groups in total. The van der Waals surface area contributed by atoms with Gasteiger partial charge in [-0.1, -0.05) is 24.3 Å². The number of fused-ring (bicyclic) bond motifs is 2.